The first-order valence-electron chi connectivity index (χ1n) is 8.48. The van der Waals surface area contributed by atoms with Gasteiger partial charge in [-0.3, -0.25) is 4.55 Å². The van der Waals surface area contributed by atoms with Crippen molar-refractivity contribution in [1.29, 1.82) is 0 Å². The third kappa shape index (κ3) is 5.76. The Kier molecular flexibility index (Phi) is 6.84. The molecule has 0 aliphatic rings. The Morgan fingerprint density at radius 1 is 0.960 bits per heavy atom. The maximum absolute atomic E-state index is 11.4. The van der Waals surface area contributed by atoms with Crippen LogP contribution in [0.1, 0.15) is 44.6 Å². The molecule has 2 N–H and O–H groups in total. The minimum atomic E-state index is -4.59. The lowest BCUT2D eigenvalue weighted by molar-refractivity contribution is 0.415. The molecule has 0 heterocycles. The highest BCUT2D eigenvalue weighted by molar-refractivity contribution is 7.86. The lowest BCUT2D eigenvalue weighted by Gasteiger charge is -2.11. The van der Waals surface area contributed by atoms with Crippen LogP contribution >= 0.6 is 0 Å². The van der Waals surface area contributed by atoms with E-state index >= 15 is 0 Å². The van der Waals surface area contributed by atoms with Crippen molar-refractivity contribution in [3.63, 3.8) is 0 Å². The van der Waals surface area contributed by atoms with Gasteiger partial charge in [0.25, 0.3) is 0 Å². The summed E-state index contributed by atoms with van der Waals surface area (Å²) in [5.74, 6) is -0.233. The summed E-state index contributed by atoms with van der Waals surface area (Å²) < 4.78 is 37.6. The number of aromatic hydroxyl groups is 1. The van der Waals surface area contributed by atoms with Crippen LogP contribution in [-0.4, -0.2) is 18.1 Å². The number of rotatable bonds is 9. The van der Waals surface area contributed by atoms with E-state index < -0.39 is 20.8 Å². The third-order valence-corrected chi connectivity index (χ3v) is 4.86. The molecule has 0 bridgehead atoms. The average molecular weight is 364 g/mol. The molecule has 0 aliphatic heterocycles. The molecule has 0 atom stereocenters. The third-order valence-electron chi connectivity index (χ3n) is 3.94. The highest BCUT2D eigenvalue weighted by atomic mass is 32.2. The highest BCUT2D eigenvalue weighted by Gasteiger charge is 2.22. The zero-order chi connectivity index (χ0) is 18.3. The molecule has 2 aromatic carbocycles. The maximum atomic E-state index is 11.4. The Hall–Kier alpha value is -2.05. The van der Waals surface area contributed by atoms with E-state index in [0.717, 1.165) is 12.8 Å². The minimum absolute atomic E-state index is 0.116. The van der Waals surface area contributed by atoms with Crippen LogP contribution in [0.3, 0.4) is 0 Å². The van der Waals surface area contributed by atoms with Gasteiger partial charge in [0.15, 0.2) is 10.6 Å². The van der Waals surface area contributed by atoms with E-state index in [1.165, 1.54) is 49.4 Å². The summed E-state index contributed by atoms with van der Waals surface area (Å²) in [5, 5.41) is 9.69. The van der Waals surface area contributed by atoms with Crippen molar-refractivity contribution >= 4 is 10.1 Å². The quantitative estimate of drug-likeness (QED) is 0.486. The van der Waals surface area contributed by atoms with Gasteiger partial charge in [-0.15, -0.1) is 0 Å². The summed E-state index contributed by atoms with van der Waals surface area (Å²) in [4.78, 5) is -0.630. The van der Waals surface area contributed by atoms with Crippen molar-refractivity contribution in [3.05, 3.63) is 48.0 Å². The van der Waals surface area contributed by atoms with Crippen LogP contribution in [0, 0.1) is 0 Å². The predicted molar refractivity (Wildman–Crippen MR) is 96.9 cm³/mol. The second-order valence-corrected chi connectivity index (χ2v) is 7.35. The van der Waals surface area contributed by atoms with Gasteiger partial charge in [0.05, 0.1) is 0 Å². The standard InChI is InChI=1S/C19H24O5S/c1-2-3-4-5-6-8-15-11-13-16(14-12-15)24-18-10-7-9-17(20)19(18)25(21,22)23/h7,9-14,20H,2-6,8H2,1H3,(H,21,22,23). The molecule has 2 rings (SSSR count). The van der Waals surface area contributed by atoms with Crippen LogP contribution < -0.4 is 4.74 Å². The fourth-order valence-electron chi connectivity index (χ4n) is 2.63. The predicted octanol–water partition coefficient (Wildman–Crippen LogP) is 4.94. The van der Waals surface area contributed by atoms with Crippen molar-refractivity contribution < 1.29 is 22.8 Å². The van der Waals surface area contributed by atoms with E-state index in [1.807, 2.05) is 12.1 Å². The second kappa shape index (κ2) is 8.87. The number of ether oxygens (including phenoxy) is 1. The number of phenols is 1. The zero-order valence-electron chi connectivity index (χ0n) is 14.3. The molecule has 0 amide bonds. The second-order valence-electron chi connectivity index (χ2n) is 5.99. The first kappa shape index (κ1) is 19.3. The van der Waals surface area contributed by atoms with Gasteiger partial charge in [-0.2, -0.15) is 8.42 Å². The number of unbranched alkanes of at least 4 members (excludes halogenated alkanes) is 4. The van der Waals surface area contributed by atoms with Gasteiger partial charge in [0.2, 0.25) is 0 Å². The van der Waals surface area contributed by atoms with Crippen molar-refractivity contribution in [2.45, 2.75) is 50.3 Å². The fourth-order valence-corrected chi connectivity index (χ4v) is 3.32. The molecule has 0 aromatic heterocycles. The Bertz CT molecular complexity index is 782. The number of phenolic OH excluding ortho intramolecular Hbond substituents is 1. The van der Waals surface area contributed by atoms with Gasteiger partial charge in [0.1, 0.15) is 11.5 Å². The van der Waals surface area contributed by atoms with Crippen molar-refractivity contribution in [2.75, 3.05) is 0 Å². The Labute approximate surface area is 149 Å². The molecule has 136 valence electrons. The average Bonchev–Trinajstić information content (AvgIpc) is 2.55. The summed E-state index contributed by atoms with van der Waals surface area (Å²) in [5.41, 5.74) is 1.19. The van der Waals surface area contributed by atoms with E-state index in [0.29, 0.717) is 5.75 Å². The SMILES string of the molecule is CCCCCCCc1ccc(Oc2cccc(O)c2S(=O)(=O)O)cc1. The van der Waals surface area contributed by atoms with E-state index in [4.69, 9.17) is 4.74 Å². The first-order chi connectivity index (χ1) is 11.9. The van der Waals surface area contributed by atoms with E-state index in [1.54, 1.807) is 12.1 Å². The molecular weight excluding hydrogens is 340 g/mol. The van der Waals surface area contributed by atoms with Crippen LogP contribution in [0.25, 0.3) is 0 Å². The zero-order valence-corrected chi connectivity index (χ0v) is 15.1. The maximum Gasteiger partial charge on any atom is 0.301 e. The fraction of sp³-hybridized carbons (Fsp3) is 0.368. The molecule has 0 fully saturated rings. The van der Waals surface area contributed by atoms with Gasteiger partial charge in [-0.1, -0.05) is 50.8 Å². The molecule has 2 aromatic rings. The number of aryl methyl sites for hydroxylation is 1. The molecular formula is C19H24O5S. The van der Waals surface area contributed by atoms with Crippen molar-refractivity contribution in [1.82, 2.24) is 0 Å². The van der Waals surface area contributed by atoms with Gasteiger partial charge in [-0.25, -0.2) is 0 Å². The molecule has 6 heteroatoms. The van der Waals surface area contributed by atoms with Crippen LogP contribution in [0.15, 0.2) is 47.4 Å². The smallest absolute Gasteiger partial charge is 0.301 e. The molecule has 0 aliphatic carbocycles. The molecule has 0 radical (unpaired) electrons. The van der Waals surface area contributed by atoms with Crippen LogP contribution in [-0.2, 0) is 16.5 Å². The summed E-state index contributed by atoms with van der Waals surface area (Å²) in [6.45, 7) is 2.19. The summed E-state index contributed by atoms with van der Waals surface area (Å²) in [6.07, 6.45) is 7.10. The van der Waals surface area contributed by atoms with Gasteiger partial charge >= 0.3 is 10.1 Å². The summed E-state index contributed by atoms with van der Waals surface area (Å²) >= 11 is 0. The van der Waals surface area contributed by atoms with E-state index in [9.17, 15) is 18.1 Å². The molecule has 25 heavy (non-hydrogen) atoms. The van der Waals surface area contributed by atoms with Crippen LogP contribution in [0.5, 0.6) is 17.2 Å². The van der Waals surface area contributed by atoms with Crippen molar-refractivity contribution in [3.8, 4) is 17.2 Å². The van der Waals surface area contributed by atoms with Crippen LogP contribution in [0.2, 0.25) is 0 Å². The lowest BCUT2D eigenvalue weighted by Crippen LogP contribution is -2.01. The monoisotopic (exact) mass is 364 g/mol. The van der Waals surface area contributed by atoms with Crippen molar-refractivity contribution in [2.24, 2.45) is 0 Å². The molecule has 5 nitrogen and oxygen atoms in total. The van der Waals surface area contributed by atoms with E-state index in [2.05, 4.69) is 6.92 Å². The van der Waals surface area contributed by atoms with Crippen LogP contribution in [0.4, 0.5) is 0 Å². The molecule has 0 unspecified atom stereocenters. The van der Waals surface area contributed by atoms with Gasteiger partial charge < -0.3 is 9.84 Å². The summed E-state index contributed by atoms with van der Waals surface area (Å²) in [6, 6.07) is 11.4. The molecule has 0 spiro atoms. The first-order valence-corrected chi connectivity index (χ1v) is 9.92. The summed E-state index contributed by atoms with van der Waals surface area (Å²) in [7, 11) is -4.59. The lowest BCUT2D eigenvalue weighted by atomic mass is 10.1. The highest BCUT2D eigenvalue weighted by Crippen LogP contribution is 2.35. The topological polar surface area (TPSA) is 83.8 Å². The van der Waals surface area contributed by atoms with Gasteiger partial charge in [0, 0.05) is 0 Å². The number of hydrogen-bond acceptors (Lipinski definition) is 4. The minimum Gasteiger partial charge on any atom is -0.506 e. The number of hydrogen-bond donors (Lipinski definition) is 2. The van der Waals surface area contributed by atoms with E-state index in [-0.39, 0.29) is 5.75 Å². The number of benzene rings is 2. The molecule has 0 saturated carbocycles. The van der Waals surface area contributed by atoms with Gasteiger partial charge in [-0.05, 0) is 42.7 Å². The molecule has 0 saturated heterocycles. The Balaban J connectivity index is 2.04. The Morgan fingerprint density at radius 2 is 1.64 bits per heavy atom. The Morgan fingerprint density at radius 3 is 2.28 bits per heavy atom. The normalized spacial score (nSPS) is 11.4. The largest absolute Gasteiger partial charge is 0.506 e.